The summed E-state index contributed by atoms with van der Waals surface area (Å²) in [5.41, 5.74) is 10.3. The number of nitrogens with two attached hydrogens (primary N) is 1. The molecule has 0 radical (unpaired) electrons. The molecular formula is C23H32N2. The minimum absolute atomic E-state index is 0.652. The zero-order valence-corrected chi connectivity index (χ0v) is 15.9. The van der Waals surface area contributed by atoms with Gasteiger partial charge in [-0.1, -0.05) is 70.4 Å². The first-order valence-corrected chi connectivity index (χ1v) is 9.56. The fraction of sp³-hybridized carbons (Fsp3) is 0.391. The Morgan fingerprint density at radius 2 is 1.68 bits per heavy atom. The molecule has 3 aromatic rings. The van der Waals surface area contributed by atoms with Crippen LogP contribution in [-0.2, 0) is 6.42 Å². The number of aryl methyl sites for hydroxylation is 1. The third kappa shape index (κ3) is 5.97. The lowest BCUT2D eigenvalue weighted by atomic mass is 10.00. The van der Waals surface area contributed by atoms with E-state index >= 15 is 0 Å². The van der Waals surface area contributed by atoms with Crippen LogP contribution in [0.5, 0.6) is 0 Å². The number of para-hydroxylation sites is 1. The minimum Gasteiger partial charge on any atom is -0.399 e. The van der Waals surface area contributed by atoms with Gasteiger partial charge < -0.3 is 10.7 Å². The van der Waals surface area contributed by atoms with E-state index in [1.165, 1.54) is 47.8 Å². The number of unbranched alkanes of at least 4 members (excludes halogenated alkanes) is 2. The highest BCUT2D eigenvalue weighted by molar-refractivity contribution is 5.80. The molecule has 2 nitrogen and oxygen atoms in total. The molecule has 2 heteroatoms. The van der Waals surface area contributed by atoms with Crippen molar-refractivity contribution in [3.63, 3.8) is 0 Å². The molecular weight excluding hydrogens is 304 g/mol. The highest BCUT2D eigenvalue weighted by atomic mass is 14.7. The Kier molecular flexibility index (Phi) is 7.59. The topological polar surface area (TPSA) is 41.8 Å². The standard InChI is InChI=1S/C15H21N.C8H11N/c1-3-4-5-8-12(2)15-11-13-9-6-7-10-14(13)16-15;1-2-7-3-5-8(9)6-4-7/h6-7,9-12,16H,3-5,8H2,1-2H3;3-6H,2,9H2,1H3. The number of aromatic amines is 1. The molecule has 25 heavy (non-hydrogen) atoms. The number of hydrogen-bond acceptors (Lipinski definition) is 1. The van der Waals surface area contributed by atoms with E-state index in [4.69, 9.17) is 5.73 Å². The van der Waals surface area contributed by atoms with Gasteiger partial charge >= 0.3 is 0 Å². The minimum atomic E-state index is 0.652. The number of anilines is 1. The highest BCUT2D eigenvalue weighted by Crippen LogP contribution is 2.25. The van der Waals surface area contributed by atoms with Gasteiger partial charge in [0.25, 0.3) is 0 Å². The van der Waals surface area contributed by atoms with E-state index in [0.29, 0.717) is 5.92 Å². The fourth-order valence-electron chi connectivity index (χ4n) is 2.97. The van der Waals surface area contributed by atoms with E-state index in [1.807, 2.05) is 12.1 Å². The van der Waals surface area contributed by atoms with Crippen LogP contribution >= 0.6 is 0 Å². The second-order valence-corrected chi connectivity index (χ2v) is 6.80. The first-order valence-electron chi connectivity index (χ1n) is 9.56. The van der Waals surface area contributed by atoms with Crippen molar-refractivity contribution in [2.75, 3.05) is 5.73 Å². The monoisotopic (exact) mass is 336 g/mol. The van der Waals surface area contributed by atoms with Gasteiger partial charge in [-0.05, 0) is 54.0 Å². The van der Waals surface area contributed by atoms with Crippen molar-refractivity contribution in [3.05, 3.63) is 65.9 Å². The summed E-state index contributed by atoms with van der Waals surface area (Å²) in [6, 6.07) is 18.8. The summed E-state index contributed by atoms with van der Waals surface area (Å²) in [4.78, 5) is 3.52. The van der Waals surface area contributed by atoms with Gasteiger partial charge in [0.2, 0.25) is 0 Å². The summed E-state index contributed by atoms with van der Waals surface area (Å²) < 4.78 is 0. The van der Waals surface area contributed by atoms with Gasteiger partial charge in [-0.25, -0.2) is 0 Å². The fourth-order valence-corrected chi connectivity index (χ4v) is 2.97. The van der Waals surface area contributed by atoms with Gasteiger partial charge in [0.1, 0.15) is 0 Å². The van der Waals surface area contributed by atoms with Crippen molar-refractivity contribution in [1.82, 2.24) is 4.98 Å². The van der Waals surface area contributed by atoms with Gasteiger partial charge in [-0.15, -0.1) is 0 Å². The quantitative estimate of drug-likeness (QED) is 0.382. The smallest absolute Gasteiger partial charge is 0.0456 e. The van der Waals surface area contributed by atoms with Crippen LogP contribution in [0.15, 0.2) is 54.6 Å². The van der Waals surface area contributed by atoms with Crippen molar-refractivity contribution < 1.29 is 0 Å². The van der Waals surface area contributed by atoms with E-state index in [2.05, 4.69) is 68.2 Å². The van der Waals surface area contributed by atoms with Crippen LogP contribution in [0.4, 0.5) is 5.69 Å². The van der Waals surface area contributed by atoms with Crippen LogP contribution in [0.2, 0.25) is 0 Å². The third-order valence-electron chi connectivity index (χ3n) is 4.71. The van der Waals surface area contributed by atoms with Crippen LogP contribution < -0.4 is 5.73 Å². The molecule has 0 bridgehead atoms. The molecule has 1 unspecified atom stereocenters. The molecule has 0 aliphatic heterocycles. The van der Waals surface area contributed by atoms with Crippen molar-refractivity contribution in [2.45, 2.75) is 58.8 Å². The van der Waals surface area contributed by atoms with Gasteiger partial charge in [0.15, 0.2) is 0 Å². The molecule has 3 N–H and O–H groups in total. The normalized spacial score (nSPS) is 11.8. The molecule has 0 aliphatic carbocycles. The Morgan fingerprint density at radius 1 is 0.960 bits per heavy atom. The summed E-state index contributed by atoms with van der Waals surface area (Å²) in [5.74, 6) is 0.652. The SMILES string of the molecule is CCCCCC(C)c1cc2ccccc2[nH]1.CCc1ccc(N)cc1. The summed E-state index contributed by atoms with van der Waals surface area (Å²) >= 11 is 0. The molecule has 0 saturated heterocycles. The number of H-pyrrole nitrogens is 1. The molecule has 0 aliphatic rings. The summed E-state index contributed by atoms with van der Waals surface area (Å²) in [7, 11) is 0. The zero-order chi connectivity index (χ0) is 18.1. The van der Waals surface area contributed by atoms with Crippen molar-refractivity contribution in [2.24, 2.45) is 0 Å². The summed E-state index contributed by atoms with van der Waals surface area (Å²) in [6.07, 6.45) is 6.37. The van der Waals surface area contributed by atoms with E-state index in [-0.39, 0.29) is 0 Å². The lowest BCUT2D eigenvalue weighted by molar-refractivity contribution is 0.591. The number of nitrogen functional groups attached to an aromatic ring is 1. The van der Waals surface area contributed by atoms with E-state index in [0.717, 1.165) is 12.1 Å². The molecule has 1 aromatic heterocycles. The highest BCUT2D eigenvalue weighted by Gasteiger charge is 2.08. The van der Waals surface area contributed by atoms with Crippen molar-refractivity contribution in [1.29, 1.82) is 0 Å². The Bertz CT molecular complexity index is 707. The second-order valence-electron chi connectivity index (χ2n) is 6.80. The van der Waals surface area contributed by atoms with Crippen molar-refractivity contribution >= 4 is 16.6 Å². The maximum absolute atomic E-state index is 5.48. The first kappa shape index (κ1) is 19.1. The van der Waals surface area contributed by atoms with Crippen LogP contribution in [0, 0.1) is 0 Å². The number of hydrogen-bond donors (Lipinski definition) is 2. The molecule has 0 amide bonds. The molecule has 0 spiro atoms. The number of nitrogens with one attached hydrogen (secondary N) is 1. The van der Waals surface area contributed by atoms with Gasteiger partial charge in [-0.2, -0.15) is 0 Å². The van der Waals surface area contributed by atoms with Gasteiger partial charge in [0, 0.05) is 16.9 Å². The Morgan fingerprint density at radius 3 is 2.32 bits per heavy atom. The van der Waals surface area contributed by atoms with E-state index in [9.17, 15) is 0 Å². The average Bonchev–Trinajstić information content (AvgIpc) is 3.07. The summed E-state index contributed by atoms with van der Waals surface area (Å²) in [6.45, 7) is 6.71. The lowest BCUT2D eigenvalue weighted by Gasteiger charge is -2.08. The van der Waals surface area contributed by atoms with E-state index < -0.39 is 0 Å². The average molecular weight is 337 g/mol. The number of fused-ring (bicyclic) bond motifs is 1. The predicted molar refractivity (Wildman–Crippen MR) is 111 cm³/mol. The predicted octanol–water partition coefficient (Wildman–Crippen LogP) is 6.68. The first-order chi connectivity index (χ1) is 12.1. The Hall–Kier alpha value is -2.22. The van der Waals surface area contributed by atoms with Gasteiger partial charge in [0.05, 0.1) is 0 Å². The third-order valence-corrected chi connectivity index (χ3v) is 4.71. The van der Waals surface area contributed by atoms with Gasteiger partial charge in [-0.3, -0.25) is 0 Å². The van der Waals surface area contributed by atoms with Crippen molar-refractivity contribution in [3.8, 4) is 0 Å². The summed E-state index contributed by atoms with van der Waals surface area (Å²) in [5, 5.41) is 1.33. The number of benzene rings is 2. The largest absolute Gasteiger partial charge is 0.399 e. The number of aromatic nitrogens is 1. The molecule has 134 valence electrons. The van der Waals surface area contributed by atoms with Crippen LogP contribution in [0.25, 0.3) is 10.9 Å². The van der Waals surface area contributed by atoms with E-state index in [1.54, 1.807) is 0 Å². The van der Waals surface area contributed by atoms with Crippen LogP contribution in [-0.4, -0.2) is 4.98 Å². The molecule has 3 rings (SSSR count). The molecule has 2 aromatic carbocycles. The second kappa shape index (κ2) is 9.93. The maximum Gasteiger partial charge on any atom is 0.0456 e. The molecule has 1 atom stereocenters. The zero-order valence-electron chi connectivity index (χ0n) is 15.9. The Balaban J connectivity index is 0.000000212. The molecule has 0 fully saturated rings. The maximum atomic E-state index is 5.48. The van der Waals surface area contributed by atoms with Crippen LogP contribution in [0.3, 0.4) is 0 Å². The number of rotatable bonds is 6. The molecule has 0 saturated carbocycles. The van der Waals surface area contributed by atoms with Crippen LogP contribution in [0.1, 0.15) is 63.6 Å². The molecule has 1 heterocycles. The lowest BCUT2D eigenvalue weighted by Crippen LogP contribution is -1.93. The Labute approximate surface area is 152 Å².